The molecular formula is C23H28N2O2. The Bertz CT molecular complexity index is 827. The van der Waals surface area contributed by atoms with Gasteiger partial charge >= 0.3 is 0 Å². The zero-order valence-electron chi connectivity index (χ0n) is 16.3. The average Bonchev–Trinajstić information content (AvgIpc) is 3.12. The number of aryl methyl sites for hydroxylation is 2. The summed E-state index contributed by atoms with van der Waals surface area (Å²) in [5, 5.41) is 2.95. The van der Waals surface area contributed by atoms with Gasteiger partial charge in [0.1, 0.15) is 0 Å². The molecule has 0 bridgehead atoms. The van der Waals surface area contributed by atoms with Crippen molar-refractivity contribution in [1.29, 1.82) is 0 Å². The highest BCUT2D eigenvalue weighted by Gasteiger charge is 2.15. The predicted molar refractivity (Wildman–Crippen MR) is 108 cm³/mol. The summed E-state index contributed by atoms with van der Waals surface area (Å²) in [6.07, 6.45) is 3.82. The van der Waals surface area contributed by atoms with Crippen molar-refractivity contribution in [2.24, 2.45) is 0 Å². The van der Waals surface area contributed by atoms with E-state index in [0.717, 1.165) is 30.5 Å². The summed E-state index contributed by atoms with van der Waals surface area (Å²) >= 11 is 0. The fraction of sp³-hybridized carbons (Fsp3) is 0.391. The zero-order valence-corrected chi connectivity index (χ0v) is 16.3. The van der Waals surface area contributed by atoms with Gasteiger partial charge in [-0.25, -0.2) is 0 Å². The molecule has 142 valence electrons. The smallest absolute Gasteiger partial charge is 0.220 e. The van der Waals surface area contributed by atoms with Crippen LogP contribution >= 0.6 is 0 Å². The Balaban J connectivity index is 1.49. The average molecular weight is 364 g/mol. The number of Topliss-reactive ketones (excluding diaryl/α,β-unsaturated/α-hetero) is 1. The molecule has 1 aliphatic carbocycles. The second-order valence-corrected chi connectivity index (χ2v) is 7.54. The highest BCUT2D eigenvalue weighted by molar-refractivity contribution is 5.98. The molecule has 0 spiro atoms. The maximum atomic E-state index is 12.4. The number of rotatable bonds is 8. The summed E-state index contributed by atoms with van der Waals surface area (Å²) in [5.74, 6) is -0.0305. The third-order valence-electron chi connectivity index (χ3n) is 5.08. The second kappa shape index (κ2) is 8.96. The first-order valence-electron chi connectivity index (χ1n) is 9.66. The van der Waals surface area contributed by atoms with E-state index in [9.17, 15) is 9.59 Å². The first kappa shape index (κ1) is 19.3. The van der Waals surface area contributed by atoms with Crippen LogP contribution < -0.4 is 5.32 Å². The minimum atomic E-state index is -0.0795. The van der Waals surface area contributed by atoms with E-state index in [4.69, 9.17) is 0 Å². The number of nitrogens with zero attached hydrogens (tertiary/aromatic N) is 1. The summed E-state index contributed by atoms with van der Waals surface area (Å²) in [4.78, 5) is 26.7. The fourth-order valence-corrected chi connectivity index (χ4v) is 3.62. The topological polar surface area (TPSA) is 49.4 Å². The molecule has 0 radical (unpaired) electrons. The molecule has 0 fully saturated rings. The SMILES string of the molecule is CN(C)Cc1ccccc1CNC(=O)CCC(=O)c1ccc2c(c1)CCC2. The van der Waals surface area contributed by atoms with Crippen molar-refractivity contribution in [2.45, 2.75) is 45.2 Å². The quantitative estimate of drug-likeness (QED) is 0.729. The largest absolute Gasteiger partial charge is 0.352 e. The van der Waals surface area contributed by atoms with Gasteiger partial charge in [0.15, 0.2) is 5.78 Å². The Labute approximate surface area is 161 Å². The van der Waals surface area contributed by atoms with Crippen LogP contribution in [0.15, 0.2) is 42.5 Å². The van der Waals surface area contributed by atoms with Crippen molar-refractivity contribution in [3.8, 4) is 0 Å². The number of fused-ring (bicyclic) bond motifs is 1. The van der Waals surface area contributed by atoms with Gasteiger partial charge in [0, 0.05) is 31.5 Å². The normalized spacial score (nSPS) is 12.9. The van der Waals surface area contributed by atoms with Gasteiger partial charge in [0.2, 0.25) is 5.91 Å². The molecule has 4 nitrogen and oxygen atoms in total. The lowest BCUT2D eigenvalue weighted by molar-refractivity contribution is -0.121. The summed E-state index contributed by atoms with van der Waals surface area (Å²) in [7, 11) is 4.06. The molecule has 4 heteroatoms. The van der Waals surface area contributed by atoms with E-state index in [1.165, 1.54) is 23.1 Å². The third kappa shape index (κ3) is 5.27. The van der Waals surface area contributed by atoms with Crippen molar-refractivity contribution in [2.75, 3.05) is 14.1 Å². The standard InChI is InChI=1S/C23H28N2O2/c1-25(2)16-21-7-4-3-6-20(21)15-24-23(27)13-12-22(26)19-11-10-17-8-5-9-18(17)14-19/h3-4,6-7,10-11,14H,5,8-9,12-13,15-16H2,1-2H3,(H,24,27). The summed E-state index contributed by atoms with van der Waals surface area (Å²) in [5.41, 5.74) is 5.71. The Morgan fingerprint density at radius 2 is 1.70 bits per heavy atom. The first-order chi connectivity index (χ1) is 13.0. The van der Waals surface area contributed by atoms with Crippen LogP contribution in [-0.4, -0.2) is 30.7 Å². The van der Waals surface area contributed by atoms with Gasteiger partial charge in [-0.3, -0.25) is 9.59 Å². The highest BCUT2D eigenvalue weighted by Crippen LogP contribution is 2.23. The number of carbonyl (C=O) groups excluding carboxylic acids is 2. The molecule has 2 aromatic rings. The van der Waals surface area contributed by atoms with E-state index < -0.39 is 0 Å². The van der Waals surface area contributed by atoms with Gasteiger partial charge in [-0.05, 0) is 61.7 Å². The lowest BCUT2D eigenvalue weighted by Gasteiger charge is -2.14. The maximum absolute atomic E-state index is 12.4. The van der Waals surface area contributed by atoms with E-state index in [-0.39, 0.29) is 24.5 Å². The van der Waals surface area contributed by atoms with E-state index in [0.29, 0.717) is 6.54 Å². The minimum absolute atomic E-state index is 0.0489. The van der Waals surface area contributed by atoms with Crippen LogP contribution in [0, 0.1) is 0 Å². The lowest BCUT2D eigenvalue weighted by atomic mass is 10.0. The van der Waals surface area contributed by atoms with Crippen molar-refractivity contribution in [3.63, 3.8) is 0 Å². The molecule has 1 aliphatic rings. The van der Waals surface area contributed by atoms with Crippen LogP contribution in [0.2, 0.25) is 0 Å². The van der Waals surface area contributed by atoms with Crippen LogP contribution in [0.1, 0.15) is 51.9 Å². The number of hydrogen-bond acceptors (Lipinski definition) is 3. The number of nitrogens with one attached hydrogen (secondary N) is 1. The Kier molecular flexibility index (Phi) is 6.40. The molecule has 0 aliphatic heterocycles. The zero-order chi connectivity index (χ0) is 19.2. The second-order valence-electron chi connectivity index (χ2n) is 7.54. The molecule has 2 aromatic carbocycles. The summed E-state index contributed by atoms with van der Waals surface area (Å²) in [6.45, 7) is 1.33. The van der Waals surface area contributed by atoms with Crippen molar-refractivity contribution in [3.05, 3.63) is 70.3 Å². The first-order valence-corrected chi connectivity index (χ1v) is 9.66. The lowest BCUT2D eigenvalue weighted by Crippen LogP contribution is -2.24. The van der Waals surface area contributed by atoms with Gasteiger partial charge in [0.05, 0.1) is 0 Å². The Morgan fingerprint density at radius 3 is 2.48 bits per heavy atom. The number of ketones is 1. The Morgan fingerprint density at radius 1 is 0.963 bits per heavy atom. The molecular weight excluding hydrogens is 336 g/mol. The van der Waals surface area contributed by atoms with Crippen LogP contribution in [0.25, 0.3) is 0 Å². The van der Waals surface area contributed by atoms with Crippen LogP contribution in [0.4, 0.5) is 0 Å². The van der Waals surface area contributed by atoms with Crippen LogP contribution in [-0.2, 0) is 30.7 Å². The van der Waals surface area contributed by atoms with Gasteiger partial charge < -0.3 is 10.2 Å². The maximum Gasteiger partial charge on any atom is 0.220 e. The number of hydrogen-bond donors (Lipinski definition) is 1. The monoisotopic (exact) mass is 364 g/mol. The van der Waals surface area contributed by atoms with Gasteiger partial charge in [-0.2, -0.15) is 0 Å². The molecule has 0 unspecified atom stereocenters. The molecule has 3 rings (SSSR count). The summed E-state index contributed by atoms with van der Waals surface area (Å²) < 4.78 is 0. The molecule has 0 saturated heterocycles. The molecule has 0 aromatic heterocycles. The van der Waals surface area contributed by atoms with Crippen molar-refractivity contribution in [1.82, 2.24) is 10.2 Å². The highest BCUT2D eigenvalue weighted by atomic mass is 16.2. The third-order valence-corrected chi connectivity index (χ3v) is 5.08. The number of amides is 1. The van der Waals surface area contributed by atoms with Gasteiger partial charge in [0.25, 0.3) is 0 Å². The number of benzene rings is 2. The van der Waals surface area contributed by atoms with Crippen LogP contribution in [0.3, 0.4) is 0 Å². The van der Waals surface area contributed by atoms with Crippen molar-refractivity contribution < 1.29 is 9.59 Å². The molecule has 0 saturated carbocycles. The number of carbonyl (C=O) groups is 2. The molecule has 1 N–H and O–H groups in total. The van der Waals surface area contributed by atoms with E-state index in [2.05, 4.69) is 22.3 Å². The van der Waals surface area contributed by atoms with Crippen LogP contribution in [0.5, 0.6) is 0 Å². The minimum Gasteiger partial charge on any atom is -0.352 e. The van der Waals surface area contributed by atoms with Gasteiger partial charge in [-0.1, -0.05) is 36.4 Å². The molecule has 27 heavy (non-hydrogen) atoms. The molecule has 0 atom stereocenters. The fourth-order valence-electron chi connectivity index (χ4n) is 3.62. The molecule has 0 heterocycles. The van der Waals surface area contributed by atoms with E-state index in [1.54, 1.807) is 0 Å². The molecule has 1 amide bonds. The van der Waals surface area contributed by atoms with Crippen molar-refractivity contribution >= 4 is 11.7 Å². The Hall–Kier alpha value is -2.46. The predicted octanol–water partition coefficient (Wildman–Crippen LogP) is 3.52. The van der Waals surface area contributed by atoms with Gasteiger partial charge in [-0.15, -0.1) is 0 Å². The van der Waals surface area contributed by atoms with E-state index >= 15 is 0 Å². The van der Waals surface area contributed by atoms with E-state index in [1.807, 2.05) is 44.4 Å². The summed E-state index contributed by atoms with van der Waals surface area (Å²) in [6, 6.07) is 14.1.